The largest absolute Gasteiger partial charge is 0.481 e. The molecule has 15 heavy (non-hydrogen) atoms. The molecule has 2 fully saturated rings. The van der Waals surface area contributed by atoms with Gasteiger partial charge in [0.05, 0.1) is 5.41 Å². The van der Waals surface area contributed by atoms with Crippen molar-refractivity contribution < 1.29 is 9.90 Å². The van der Waals surface area contributed by atoms with Crippen LogP contribution in [-0.4, -0.2) is 35.6 Å². The van der Waals surface area contributed by atoms with E-state index in [2.05, 4.69) is 18.7 Å². The van der Waals surface area contributed by atoms with Crippen molar-refractivity contribution in [3.63, 3.8) is 0 Å². The van der Waals surface area contributed by atoms with Crippen molar-refractivity contribution in [1.29, 1.82) is 0 Å². The van der Waals surface area contributed by atoms with Crippen molar-refractivity contribution in [3.05, 3.63) is 0 Å². The van der Waals surface area contributed by atoms with Crippen LogP contribution < -0.4 is 0 Å². The lowest BCUT2D eigenvalue weighted by Crippen LogP contribution is -2.36. The first kappa shape index (κ1) is 10.9. The Hall–Kier alpha value is -0.570. The van der Waals surface area contributed by atoms with Crippen LogP contribution in [0.2, 0.25) is 0 Å². The van der Waals surface area contributed by atoms with Crippen molar-refractivity contribution in [2.45, 2.75) is 33.1 Å². The fourth-order valence-corrected chi connectivity index (χ4v) is 3.40. The van der Waals surface area contributed by atoms with E-state index in [1.165, 1.54) is 0 Å². The summed E-state index contributed by atoms with van der Waals surface area (Å²) < 4.78 is 0. The Morgan fingerprint density at radius 3 is 2.87 bits per heavy atom. The average Bonchev–Trinajstić information content (AvgIpc) is 2.58. The first-order valence-electron chi connectivity index (χ1n) is 6.00. The van der Waals surface area contributed by atoms with Crippen LogP contribution in [0.1, 0.15) is 33.1 Å². The van der Waals surface area contributed by atoms with E-state index < -0.39 is 11.4 Å². The minimum atomic E-state index is -0.559. The highest BCUT2D eigenvalue weighted by Crippen LogP contribution is 2.48. The molecule has 86 valence electrons. The van der Waals surface area contributed by atoms with Gasteiger partial charge < -0.3 is 10.0 Å². The molecule has 3 nitrogen and oxygen atoms in total. The molecule has 1 heterocycles. The van der Waals surface area contributed by atoms with Crippen LogP contribution in [-0.2, 0) is 4.79 Å². The van der Waals surface area contributed by atoms with Gasteiger partial charge >= 0.3 is 5.97 Å². The summed E-state index contributed by atoms with van der Waals surface area (Å²) in [5.74, 6) is 0.486. The summed E-state index contributed by atoms with van der Waals surface area (Å²) in [5, 5.41) is 9.40. The number of nitrogens with zero attached hydrogens (tertiary/aromatic N) is 1. The van der Waals surface area contributed by atoms with E-state index in [1.54, 1.807) is 0 Å². The van der Waals surface area contributed by atoms with Gasteiger partial charge in [-0.15, -0.1) is 0 Å². The second-order valence-corrected chi connectivity index (χ2v) is 5.64. The van der Waals surface area contributed by atoms with Gasteiger partial charge in [0.25, 0.3) is 0 Å². The molecule has 0 aromatic carbocycles. The summed E-state index contributed by atoms with van der Waals surface area (Å²) in [6, 6.07) is 0. The molecule has 0 amide bonds. The van der Waals surface area contributed by atoms with Crippen molar-refractivity contribution in [3.8, 4) is 0 Å². The van der Waals surface area contributed by atoms with Gasteiger partial charge in [-0.25, -0.2) is 0 Å². The molecule has 0 unspecified atom stereocenters. The summed E-state index contributed by atoms with van der Waals surface area (Å²) in [6.45, 7) is 7.23. The number of carbonyl (C=O) groups is 1. The van der Waals surface area contributed by atoms with Gasteiger partial charge in [-0.2, -0.15) is 0 Å². The maximum absolute atomic E-state index is 11.4. The smallest absolute Gasteiger partial charge is 0.311 e. The second-order valence-electron chi connectivity index (χ2n) is 5.64. The Balaban J connectivity index is 2.07. The molecule has 1 aliphatic carbocycles. The highest BCUT2D eigenvalue weighted by Gasteiger charge is 2.54. The first-order valence-corrected chi connectivity index (χ1v) is 6.00. The number of carboxylic acid groups (broad SMARTS) is 1. The molecule has 0 radical (unpaired) electrons. The van der Waals surface area contributed by atoms with Gasteiger partial charge in [-0.1, -0.05) is 20.3 Å². The third kappa shape index (κ3) is 1.78. The quantitative estimate of drug-likeness (QED) is 0.774. The van der Waals surface area contributed by atoms with Crippen molar-refractivity contribution in [2.24, 2.45) is 17.3 Å². The fraction of sp³-hybridized carbons (Fsp3) is 0.917. The van der Waals surface area contributed by atoms with Crippen molar-refractivity contribution in [1.82, 2.24) is 4.90 Å². The van der Waals surface area contributed by atoms with Crippen LogP contribution in [0.5, 0.6) is 0 Å². The highest BCUT2D eigenvalue weighted by atomic mass is 16.4. The SMILES string of the molecule is CC(C)CN1C[C@@H]2CCC[C@@]2(C(=O)O)C1. The molecule has 2 rings (SSSR count). The van der Waals surface area contributed by atoms with E-state index in [-0.39, 0.29) is 0 Å². The van der Waals surface area contributed by atoms with E-state index in [9.17, 15) is 9.90 Å². The van der Waals surface area contributed by atoms with Gasteiger partial charge in [-0.3, -0.25) is 4.79 Å². The normalized spacial score (nSPS) is 36.1. The average molecular weight is 211 g/mol. The third-order valence-corrected chi connectivity index (χ3v) is 3.99. The maximum atomic E-state index is 11.4. The minimum Gasteiger partial charge on any atom is -0.481 e. The standard InChI is InChI=1S/C12H21NO2/c1-9(2)6-13-7-10-4-3-5-12(10,8-13)11(14)15/h9-10H,3-8H2,1-2H3,(H,14,15)/t10-,12+/m0/s1. The monoisotopic (exact) mass is 211 g/mol. The Bertz CT molecular complexity index is 264. The Kier molecular flexibility index (Phi) is 2.75. The molecule has 0 aromatic heterocycles. The van der Waals surface area contributed by atoms with E-state index in [1.807, 2.05) is 0 Å². The highest BCUT2D eigenvalue weighted by molar-refractivity contribution is 5.76. The molecule has 1 saturated heterocycles. The van der Waals surface area contributed by atoms with Crippen molar-refractivity contribution >= 4 is 5.97 Å². The molecule has 3 heteroatoms. The molecule has 2 aliphatic rings. The summed E-state index contributed by atoms with van der Waals surface area (Å²) in [6.07, 6.45) is 3.11. The molecule has 1 N–H and O–H groups in total. The Morgan fingerprint density at radius 1 is 1.60 bits per heavy atom. The summed E-state index contributed by atoms with van der Waals surface area (Å²) in [4.78, 5) is 13.8. The van der Waals surface area contributed by atoms with Crippen LogP contribution >= 0.6 is 0 Å². The predicted molar refractivity (Wildman–Crippen MR) is 58.7 cm³/mol. The number of hydrogen-bond acceptors (Lipinski definition) is 2. The number of likely N-dealkylation sites (tertiary alicyclic amines) is 1. The molecule has 0 spiro atoms. The number of hydrogen-bond donors (Lipinski definition) is 1. The van der Waals surface area contributed by atoms with Crippen LogP contribution in [0, 0.1) is 17.3 Å². The maximum Gasteiger partial charge on any atom is 0.311 e. The second kappa shape index (κ2) is 3.78. The van der Waals surface area contributed by atoms with E-state index in [4.69, 9.17) is 0 Å². The van der Waals surface area contributed by atoms with Gasteiger partial charge in [0.2, 0.25) is 0 Å². The Morgan fingerprint density at radius 2 is 2.33 bits per heavy atom. The number of aliphatic carboxylic acids is 1. The lowest BCUT2D eigenvalue weighted by Gasteiger charge is -2.24. The van der Waals surface area contributed by atoms with Gasteiger partial charge in [-0.05, 0) is 24.7 Å². The zero-order valence-corrected chi connectivity index (χ0v) is 9.70. The molecule has 0 aromatic rings. The van der Waals surface area contributed by atoms with Crippen LogP contribution in [0.4, 0.5) is 0 Å². The van der Waals surface area contributed by atoms with Crippen molar-refractivity contribution in [2.75, 3.05) is 19.6 Å². The van der Waals surface area contributed by atoms with E-state index in [0.717, 1.165) is 38.9 Å². The molecule has 2 atom stereocenters. The third-order valence-electron chi connectivity index (χ3n) is 3.99. The van der Waals surface area contributed by atoms with Crippen LogP contribution in [0.15, 0.2) is 0 Å². The summed E-state index contributed by atoms with van der Waals surface area (Å²) in [5.41, 5.74) is -0.394. The Labute approximate surface area is 91.5 Å². The molecule has 0 bridgehead atoms. The van der Waals surface area contributed by atoms with Crippen LogP contribution in [0.25, 0.3) is 0 Å². The zero-order valence-electron chi connectivity index (χ0n) is 9.70. The summed E-state index contributed by atoms with van der Waals surface area (Å²) >= 11 is 0. The predicted octanol–water partition coefficient (Wildman–Crippen LogP) is 1.83. The molecule has 1 aliphatic heterocycles. The first-order chi connectivity index (χ1) is 7.04. The topological polar surface area (TPSA) is 40.5 Å². The lowest BCUT2D eigenvalue weighted by atomic mass is 9.81. The molecular formula is C12H21NO2. The molecular weight excluding hydrogens is 190 g/mol. The van der Waals surface area contributed by atoms with E-state index >= 15 is 0 Å². The number of carboxylic acids is 1. The minimum absolute atomic E-state index is 0.394. The van der Waals surface area contributed by atoms with Gasteiger partial charge in [0.15, 0.2) is 0 Å². The van der Waals surface area contributed by atoms with Gasteiger partial charge in [0.1, 0.15) is 0 Å². The van der Waals surface area contributed by atoms with Gasteiger partial charge in [0, 0.05) is 19.6 Å². The fourth-order valence-electron chi connectivity index (χ4n) is 3.40. The lowest BCUT2D eigenvalue weighted by molar-refractivity contribution is -0.149. The van der Waals surface area contributed by atoms with Crippen LogP contribution in [0.3, 0.4) is 0 Å². The zero-order chi connectivity index (χ0) is 11.1. The van der Waals surface area contributed by atoms with E-state index in [0.29, 0.717) is 11.8 Å². The molecule has 1 saturated carbocycles. The summed E-state index contributed by atoms with van der Waals surface area (Å²) in [7, 11) is 0. The number of fused-ring (bicyclic) bond motifs is 1. The number of rotatable bonds is 3.